The summed E-state index contributed by atoms with van der Waals surface area (Å²) in [6.07, 6.45) is -1.10. The molecule has 0 aliphatic carbocycles. The molecular weight excluding hydrogens is 180 g/mol. The Morgan fingerprint density at radius 3 is 2.43 bits per heavy atom. The topological polar surface area (TPSA) is 46.5 Å². The number of methoxy groups -OCH3 is 1. The zero-order chi connectivity index (χ0) is 10.6. The summed E-state index contributed by atoms with van der Waals surface area (Å²) in [7, 11) is 1.27. The minimum atomic E-state index is -1.10. The molecule has 0 aromatic heterocycles. The molecule has 0 heterocycles. The number of rotatable bonds is 3. The predicted molar refractivity (Wildman–Crippen MR) is 52.9 cm³/mol. The number of aliphatic hydroxyl groups is 1. The first-order valence-corrected chi connectivity index (χ1v) is 4.47. The number of benzene rings is 1. The summed E-state index contributed by atoms with van der Waals surface area (Å²) in [5.41, 5.74) is 0.922. The third-order valence-electron chi connectivity index (χ3n) is 2.24. The summed E-state index contributed by atoms with van der Waals surface area (Å²) in [6.45, 7) is 1.79. The van der Waals surface area contributed by atoms with Gasteiger partial charge < -0.3 is 9.84 Å². The van der Waals surface area contributed by atoms with Gasteiger partial charge in [0.05, 0.1) is 7.11 Å². The summed E-state index contributed by atoms with van der Waals surface area (Å²) in [4.78, 5) is 11.1. The largest absolute Gasteiger partial charge is 0.467 e. The van der Waals surface area contributed by atoms with Gasteiger partial charge in [0, 0.05) is 5.92 Å². The van der Waals surface area contributed by atoms with Crippen molar-refractivity contribution in [3.63, 3.8) is 0 Å². The lowest BCUT2D eigenvalue weighted by Gasteiger charge is -2.16. The van der Waals surface area contributed by atoms with Gasteiger partial charge in [0.25, 0.3) is 0 Å². The second-order valence-corrected chi connectivity index (χ2v) is 3.17. The van der Waals surface area contributed by atoms with E-state index in [0.717, 1.165) is 5.56 Å². The first-order valence-electron chi connectivity index (χ1n) is 4.47. The van der Waals surface area contributed by atoms with Crippen molar-refractivity contribution in [3.8, 4) is 0 Å². The molecular formula is C11H14O3. The smallest absolute Gasteiger partial charge is 0.335 e. The summed E-state index contributed by atoms with van der Waals surface area (Å²) in [6, 6.07) is 9.38. The summed E-state index contributed by atoms with van der Waals surface area (Å²) in [5, 5.41) is 9.57. The number of hydrogen-bond acceptors (Lipinski definition) is 3. The minimum Gasteiger partial charge on any atom is -0.467 e. The van der Waals surface area contributed by atoms with Crippen LogP contribution in [-0.4, -0.2) is 24.3 Å². The van der Waals surface area contributed by atoms with E-state index < -0.39 is 12.1 Å². The van der Waals surface area contributed by atoms with Crippen LogP contribution in [0.3, 0.4) is 0 Å². The van der Waals surface area contributed by atoms with Gasteiger partial charge in [-0.1, -0.05) is 37.3 Å². The molecule has 3 heteroatoms. The number of carbonyl (C=O) groups is 1. The van der Waals surface area contributed by atoms with E-state index in [2.05, 4.69) is 4.74 Å². The van der Waals surface area contributed by atoms with Gasteiger partial charge in [0.2, 0.25) is 0 Å². The lowest BCUT2D eigenvalue weighted by Crippen LogP contribution is -2.27. The van der Waals surface area contributed by atoms with Gasteiger partial charge in [-0.2, -0.15) is 0 Å². The quantitative estimate of drug-likeness (QED) is 0.738. The number of ether oxygens (including phenoxy) is 1. The molecule has 1 aromatic rings. The van der Waals surface area contributed by atoms with Crippen LogP contribution >= 0.6 is 0 Å². The maximum atomic E-state index is 11.1. The van der Waals surface area contributed by atoms with Crippen molar-refractivity contribution in [2.45, 2.75) is 18.9 Å². The molecule has 1 N–H and O–H groups in total. The van der Waals surface area contributed by atoms with Crippen molar-refractivity contribution < 1.29 is 14.6 Å². The Labute approximate surface area is 83.3 Å². The van der Waals surface area contributed by atoms with Crippen LogP contribution in [0.25, 0.3) is 0 Å². The molecule has 3 nitrogen and oxygen atoms in total. The van der Waals surface area contributed by atoms with Gasteiger partial charge in [-0.3, -0.25) is 0 Å². The van der Waals surface area contributed by atoms with E-state index in [9.17, 15) is 9.90 Å². The highest BCUT2D eigenvalue weighted by Gasteiger charge is 2.23. The van der Waals surface area contributed by atoms with Crippen molar-refractivity contribution in [2.24, 2.45) is 0 Å². The maximum Gasteiger partial charge on any atom is 0.335 e. The number of esters is 1. The number of carbonyl (C=O) groups excluding carboxylic acids is 1. The first-order chi connectivity index (χ1) is 6.66. The van der Waals surface area contributed by atoms with E-state index in [4.69, 9.17) is 0 Å². The third kappa shape index (κ3) is 2.33. The Kier molecular flexibility index (Phi) is 3.65. The lowest BCUT2D eigenvalue weighted by molar-refractivity contribution is -0.151. The predicted octanol–water partition coefficient (Wildman–Crippen LogP) is 1.32. The third-order valence-corrected chi connectivity index (χ3v) is 2.24. The van der Waals surface area contributed by atoms with Gasteiger partial charge in [-0.15, -0.1) is 0 Å². The van der Waals surface area contributed by atoms with E-state index >= 15 is 0 Å². The molecule has 76 valence electrons. The van der Waals surface area contributed by atoms with Gasteiger partial charge in [0.1, 0.15) is 0 Å². The van der Waals surface area contributed by atoms with E-state index in [1.807, 2.05) is 30.3 Å². The fourth-order valence-electron chi connectivity index (χ4n) is 1.26. The molecule has 0 aliphatic rings. The van der Waals surface area contributed by atoms with Crippen LogP contribution < -0.4 is 0 Å². The van der Waals surface area contributed by atoms with E-state index in [0.29, 0.717) is 0 Å². The van der Waals surface area contributed by atoms with Crippen molar-refractivity contribution in [2.75, 3.05) is 7.11 Å². The number of aliphatic hydroxyl groups excluding tert-OH is 1. The minimum absolute atomic E-state index is 0.247. The van der Waals surface area contributed by atoms with Crippen LogP contribution in [0.1, 0.15) is 18.4 Å². The summed E-state index contributed by atoms with van der Waals surface area (Å²) < 4.78 is 4.47. The Morgan fingerprint density at radius 2 is 1.93 bits per heavy atom. The highest BCUT2D eigenvalue weighted by Crippen LogP contribution is 2.19. The maximum absolute atomic E-state index is 11.1. The molecule has 14 heavy (non-hydrogen) atoms. The fraction of sp³-hybridized carbons (Fsp3) is 0.364. The monoisotopic (exact) mass is 194 g/mol. The standard InChI is InChI=1S/C11H14O3/c1-8(10(12)11(13)14-2)9-6-4-3-5-7-9/h3-8,10,12H,1-2H3/t8-,10+/m1/s1. The van der Waals surface area contributed by atoms with Crippen LogP contribution in [0, 0.1) is 0 Å². The van der Waals surface area contributed by atoms with Crippen molar-refractivity contribution in [1.82, 2.24) is 0 Å². The molecule has 0 saturated carbocycles. The zero-order valence-electron chi connectivity index (χ0n) is 8.31. The Morgan fingerprint density at radius 1 is 1.36 bits per heavy atom. The van der Waals surface area contributed by atoms with E-state index in [1.54, 1.807) is 6.92 Å². The molecule has 0 spiro atoms. The Balaban J connectivity index is 2.75. The van der Waals surface area contributed by atoms with E-state index in [1.165, 1.54) is 7.11 Å². The van der Waals surface area contributed by atoms with Crippen LogP contribution in [-0.2, 0) is 9.53 Å². The molecule has 2 atom stereocenters. The Bertz CT molecular complexity index is 295. The molecule has 0 aliphatic heterocycles. The highest BCUT2D eigenvalue weighted by molar-refractivity contribution is 5.75. The molecule has 1 rings (SSSR count). The van der Waals surface area contributed by atoms with Crippen LogP contribution in [0.5, 0.6) is 0 Å². The normalized spacial score (nSPS) is 14.5. The molecule has 0 amide bonds. The second kappa shape index (κ2) is 4.77. The van der Waals surface area contributed by atoms with Gasteiger partial charge in [0.15, 0.2) is 6.10 Å². The van der Waals surface area contributed by atoms with Gasteiger partial charge >= 0.3 is 5.97 Å². The molecule has 1 aromatic carbocycles. The van der Waals surface area contributed by atoms with Crippen LogP contribution in [0.2, 0.25) is 0 Å². The highest BCUT2D eigenvalue weighted by atomic mass is 16.5. The molecule has 0 unspecified atom stereocenters. The summed E-state index contributed by atoms with van der Waals surface area (Å²) >= 11 is 0. The Hall–Kier alpha value is -1.35. The van der Waals surface area contributed by atoms with Crippen molar-refractivity contribution >= 4 is 5.97 Å². The van der Waals surface area contributed by atoms with Crippen LogP contribution in [0.4, 0.5) is 0 Å². The summed E-state index contributed by atoms with van der Waals surface area (Å²) in [5.74, 6) is -0.843. The van der Waals surface area contributed by atoms with E-state index in [-0.39, 0.29) is 5.92 Å². The zero-order valence-corrected chi connectivity index (χ0v) is 8.31. The fourth-order valence-corrected chi connectivity index (χ4v) is 1.26. The first kappa shape index (κ1) is 10.7. The molecule has 0 saturated heterocycles. The SMILES string of the molecule is COC(=O)[C@@H](O)[C@H](C)c1ccccc1. The average molecular weight is 194 g/mol. The lowest BCUT2D eigenvalue weighted by atomic mass is 9.95. The van der Waals surface area contributed by atoms with Crippen molar-refractivity contribution in [3.05, 3.63) is 35.9 Å². The molecule has 0 bridgehead atoms. The van der Waals surface area contributed by atoms with Crippen LogP contribution in [0.15, 0.2) is 30.3 Å². The molecule has 0 radical (unpaired) electrons. The number of hydrogen-bond donors (Lipinski definition) is 1. The second-order valence-electron chi connectivity index (χ2n) is 3.17. The van der Waals surface area contributed by atoms with Gasteiger partial charge in [-0.05, 0) is 5.56 Å². The van der Waals surface area contributed by atoms with Gasteiger partial charge in [-0.25, -0.2) is 4.79 Å². The molecule has 0 fully saturated rings. The van der Waals surface area contributed by atoms with Crippen molar-refractivity contribution in [1.29, 1.82) is 0 Å². The average Bonchev–Trinajstić information content (AvgIpc) is 2.27.